The summed E-state index contributed by atoms with van der Waals surface area (Å²) in [5.74, 6) is -0.309. The van der Waals surface area contributed by atoms with E-state index in [-0.39, 0.29) is 17.6 Å². The van der Waals surface area contributed by atoms with Crippen molar-refractivity contribution in [3.8, 4) is 11.3 Å². The smallest absolute Gasteiger partial charge is 0.183 e. The average molecular weight is 344 g/mol. The molecule has 0 bridgehead atoms. The van der Waals surface area contributed by atoms with Crippen molar-refractivity contribution in [3.05, 3.63) is 42.1 Å². The molecule has 0 amide bonds. The fourth-order valence-electron chi connectivity index (χ4n) is 3.91. The number of aliphatic hydroxyl groups is 1. The molecule has 1 aliphatic heterocycles. The molecule has 2 heterocycles. The van der Waals surface area contributed by atoms with E-state index >= 15 is 0 Å². The quantitative estimate of drug-likeness (QED) is 0.839. The number of fused-ring (bicyclic) bond motifs is 3. The van der Waals surface area contributed by atoms with Crippen LogP contribution in [0.25, 0.3) is 17.0 Å². The third-order valence-corrected chi connectivity index (χ3v) is 6.71. The Bertz CT molecular complexity index is 922. The molecule has 1 N–H and O–H groups in total. The Hall–Kier alpha value is -2.08. The van der Waals surface area contributed by atoms with Crippen LogP contribution in [0, 0.1) is 0 Å². The number of rotatable bonds is 2. The molecule has 126 valence electrons. The molecule has 24 heavy (non-hydrogen) atoms. The lowest BCUT2D eigenvalue weighted by atomic mass is 9.95. The van der Waals surface area contributed by atoms with E-state index in [0.29, 0.717) is 21.7 Å². The van der Waals surface area contributed by atoms with E-state index in [9.17, 15) is 13.5 Å². The molecule has 6 heteroatoms. The standard InChI is InChI=1S/C18H20N2O3S/c1-12(21)17-15-11-24(22,23)16-10-6-5-9-14(16)18(15)20(19-17)13-7-3-2-4-8-13/h5-6,9-10,13,21H,1-4,7-8,11H2. The number of benzene rings is 1. The molecular formula is C18H20N2O3S. The molecular weight excluding hydrogens is 324 g/mol. The zero-order chi connectivity index (χ0) is 16.9. The van der Waals surface area contributed by atoms with Crippen LogP contribution in [-0.2, 0) is 15.6 Å². The maximum atomic E-state index is 12.6. The van der Waals surface area contributed by atoms with Crippen LogP contribution >= 0.6 is 0 Å². The Balaban J connectivity index is 2.00. The van der Waals surface area contributed by atoms with Gasteiger partial charge in [-0.3, -0.25) is 4.68 Å². The maximum Gasteiger partial charge on any atom is 0.183 e. The van der Waals surface area contributed by atoms with Crippen LogP contribution < -0.4 is 0 Å². The van der Waals surface area contributed by atoms with Gasteiger partial charge in [0.1, 0.15) is 11.5 Å². The fourth-order valence-corrected chi connectivity index (χ4v) is 5.51. The lowest BCUT2D eigenvalue weighted by Crippen LogP contribution is -2.18. The normalized spacial score (nSPS) is 19.5. The highest BCUT2D eigenvalue weighted by Crippen LogP contribution is 2.43. The van der Waals surface area contributed by atoms with E-state index in [4.69, 9.17) is 0 Å². The largest absolute Gasteiger partial charge is 0.506 e. The average Bonchev–Trinajstić information content (AvgIpc) is 2.95. The van der Waals surface area contributed by atoms with Crippen molar-refractivity contribution in [2.75, 3.05) is 0 Å². The predicted octanol–water partition coefficient (Wildman–Crippen LogP) is 3.87. The summed E-state index contributed by atoms with van der Waals surface area (Å²) < 4.78 is 27.2. The molecule has 2 aromatic rings. The zero-order valence-electron chi connectivity index (χ0n) is 13.4. The molecule has 0 saturated heterocycles. The molecule has 1 fully saturated rings. The first-order valence-corrected chi connectivity index (χ1v) is 9.96. The Morgan fingerprint density at radius 2 is 1.92 bits per heavy atom. The summed E-state index contributed by atoms with van der Waals surface area (Å²) in [6, 6.07) is 7.31. The lowest BCUT2D eigenvalue weighted by Gasteiger charge is -2.26. The summed E-state index contributed by atoms with van der Waals surface area (Å²) in [5, 5.41) is 14.5. The van der Waals surface area contributed by atoms with Crippen LogP contribution in [0.5, 0.6) is 0 Å². The molecule has 0 atom stereocenters. The minimum absolute atomic E-state index is 0.138. The molecule has 4 rings (SSSR count). The summed E-state index contributed by atoms with van der Waals surface area (Å²) in [6.07, 6.45) is 5.58. The van der Waals surface area contributed by atoms with Crippen LogP contribution in [0.3, 0.4) is 0 Å². The van der Waals surface area contributed by atoms with Gasteiger partial charge in [-0.15, -0.1) is 0 Å². The summed E-state index contributed by atoms with van der Waals surface area (Å²) in [6.45, 7) is 3.58. The van der Waals surface area contributed by atoms with E-state index in [0.717, 1.165) is 31.4 Å². The van der Waals surface area contributed by atoms with Gasteiger partial charge in [-0.1, -0.05) is 44.0 Å². The van der Waals surface area contributed by atoms with Crippen molar-refractivity contribution in [1.29, 1.82) is 0 Å². The zero-order valence-corrected chi connectivity index (χ0v) is 14.2. The van der Waals surface area contributed by atoms with Crippen LogP contribution in [0.2, 0.25) is 0 Å². The molecule has 1 aromatic heterocycles. The highest BCUT2D eigenvalue weighted by Gasteiger charge is 2.35. The molecule has 5 nitrogen and oxygen atoms in total. The molecule has 1 aliphatic carbocycles. The van der Waals surface area contributed by atoms with Crippen LogP contribution in [0.4, 0.5) is 0 Å². The van der Waals surface area contributed by atoms with Crippen LogP contribution in [-0.4, -0.2) is 23.3 Å². The minimum atomic E-state index is -3.43. The van der Waals surface area contributed by atoms with E-state index in [1.165, 1.54) is 6.42 Å². The van der Waals surface area contributed by atoms with Gasteiger partial charge in [-0.25, -0.2) is 8.42 Å². The number of sulfone groups is 1. The fraction of sp³-hybridized carbons (Fsp3) is 0.389. The van der Waals surface area contributed by atoms with Gasteiger partial charge in [0, 0.05) is 11.1 Å². The van der Waals surface area contributed by atoms with Crippen molar-refractivity contribution in [3.63, 3.8) is 0 Å². The van der Waals surface area contributed by atoms with Gasteiger partial charge in [-0.2, -0.15) is 5.10 Å². The predicted molar refractivity (Wildman–Crippen MR) is 92.3 cm³/mol. The molecule has 0 unspecified atom stereocenters. The summed E-state index contributed by atoms with van der Waals surface area (Å²) in [4.78, 5) is 0.351. The highest BCUT2D eigenvalue weighted by atomic mass is 32.2. The summed E-state index contributed by atoms with van der Waals surface area (Å²) in [5.41, 5.74) is 2.40. The number of nitrogens with zero attached hydrogens (tertiary/aromatic N) is 2. The second-order valence-corrected chi connectivity index (χ2v) is 8.57. The topological polar surface area (TPSA) is 72.2 Å². The molecule has 0 radical (unpaired) electrons. The second kappa shape index (κ2) is 5.48. The lowest BCUT2D eigenvalue weighted by molar-refractivity contribution is 0.331. The van der Waals surface area contributed by atoms with E-state index in [1.54, 1.807) is 12.1 Å². The van der Waals surface area contributed by atoms with Gasteiger partial charge < -0.3 is 5.11 Å². The minimum Gasteiger partial charge on any atom is -0.506 e. The molecule has 1 aromatic carbocycles. The first-order chi connectivity index (χ1) is 11.5. The van der Waals surface area contributed by atoms with E-state index < -0.39 is 9.84 Å². The molecule has 1 saturated carbocycles. The van der Waals surface area contributed by atoms with E-state index in [1.807, 2.05) is 16.8 Å². The Kier molecular flexibility index (Phi) is 3.53. The van der Waals surface area contributed by atoms with Gasteiger partial charge in [0.2, 0.25) is 0 Å². The third kappa shape index (κ3) is 2.28. The number of aliphatic hydroxyl groups excluding tert-OH is 1. The van der Waals surface area contributed by atoms with Gasteiger partial charge in [-0.05, 0) is 18.9 Å². The summed E-state index contributed by atoms with van der Waals surface area (Å²) in [7, 11) is -3.43. The van der Waals surface area contributed by atoms with Crippen molar-refractivity contribution < 1.29 is 13.5 Å². The number of hydrogen-bond acceptors (Lipinski definition) is 4. The van der Waals surface area contributed by atoms with Crippen molar-refractivity contribution in [2.24, 2.45) is 0 Å². The van der Waals surface area contributed by atoms with Gasteiger partial charge in [0.25, 0.3) is 0 Å². The first-order valence-electron chi connectivity index (χ1n) is 8.31. The SMILES string of the molecule is C=C(O)c1nn(C2CCCCC2)c2c1CS(=O)(=O)c1ccccc1-2. The highest BCUT2D eigenvalue weighted by molar-refractivity contribution is 7.90. The van der Waals surface area contributed by atoms with Gasteiger partial charge >= 0.3 is 0 Å². The summed E-state index contributed by atoms with van der Waals surface area (Å²) >= 11 is 0. The Labute approximate surface area is 141 Å². The Morgan fingerprint density at radius 3 is 2.62 bits per heavy atom. The molecule has 2 aliphatic rings. The Morgan fingerprint density at radius 1 is 1.21 bits per heavy atom. The van der Waals surface area contributed by atoms with Crippen molar-refractivity contribution >= 4 is 15.6 Å². The van der Waals surface area contributed by atoms with Crippen LogP contribution in [0.15, 0.2) is 35.7 Å². The van der Waals surface area contributed by atoms with E-state index in [2.05, 4.69) is 11.7 Å². The molecule has 0 spiro atoms. The first kappa shape index (κ1) is 15.4. The number of hydrogen-bond donors (Lipinski definition) is 1. The van der Waals surface area contributed by atoms with Crippen LogP contribution in [0.1, 0.15) is 49.4 Å². The van der Waals surface area contributed by atoms with Crippen molar-refractivity contribution in [1.82, 2.24) is 9.78 Å². The number of aromatic nitrogens is 2. The monoisotopic (exact) mass is 344 g/mol. The van der Waals surface area contributed by atoms with Crippen molar-refractivity contribution in [2.45, 2.75) is 48.8 Å². The van der Waals surface area contributed by atoms with Gasteiger partial charge in [0.15, 0.2) is 9.84 Å². The second-order valence-electron chi connectivity index (χ2n) is 6.61. The maximum absolute atomic E-state index is 12.6. The van der Waals surface area contributed by atoms with Gasteiger partial charge in [0.05, 0.1) is 22.4 Å². The third-order valence-electron chi connectivity index (χ3n) is 5.01.